The number of hydrogen-bond acceptors (Lipinski definition) is 1. The van der Waals surface area contributed by atoms with Crippen LogP contribution in [-0.4, -0.2) is 12.5 Å². The minimum absolute atomic E-state index is 0.00565. The van der Waals surface area contributed by atoms with Gasteiger partial charge in [0.1, 0.15) is 0 Å². The summed E-state index contributed by atoms with van der Waals surface area (Å²) in [5.41, 5.74) is 0.720. The maximum atomic E-state index is 11.2. The molecule has 100 valence electrons. The van der Waals surface area contributed by atoms with E-state index in [1.165, 1.54) is 0 Å². The molecule has 1 amide bonds. The number of carbonyl (C=O) groups excluding carboxylic acids is 1. The Kier molecular flexibility index (Phi) is 7.52. The van der Waals surface area contributed by atoms with E-state index >= 15 is 0 Å². The summed E-state index contributed by atoms with van der Waals surface area (Å²) in [7, 11) is 0. The molecule has 2 aromatic carbocycles. The highest BCUT2D eigenvalue weighted by Gasteiger charge is 2.01. The highest BCUT2D eigenvalue weighted by Crippen LogP contribution is 2.06. The number of rotatable bonds is 2. The minimum atomic E-state index is -0.00565. The van der Waals surface area contributed by atoms with Crippen molar-refractivity contribution in [2.75, 3.05) is 6.54 Å². The monoisotopic (exact) mass is 387 g/mol. The Bertz CT molecular complexity index is 499. The number of hydrogen-bond donors (Lipinski definition) is 1. The number of nitrogens with one attached hydrogen (secondary N) is 1. The Balaban J connectivity index is 0.000000218. The second-order valence-corrected chi connectivity index (χ2v) is 5.34. The molecule has 0 bridgehead atoms. The molecule has 0 heterocycles. The zero-order valence-electron chi connectivity index (χ0n) is 10.6. The van der Waals surface area contributed by atoms with E-state index in [1.54, 1.807) is 0 Å². The van der Waals surface area contributed by atoms with Crippen LogP contribution in [-0.2, 0) is 0 Å². The molecule has 2 aromatic rings. The van der Waals surface area contributed by atoms with Crippen molar-refractivity contribution in [1.82, 2.24) is 5.32 Å². The topological polar surface area (TPSA) is 29.1 Å². The van der Waals surface area contributed by atoms with Gasteiger partial charge in [-0.3, -0.25) is 4.79 Å². The Hall–Kier alpha value is -1.07. The largest absolute Gasteiger partial charge is 0.352 e. The van der Waals surface area contributed by atoms with E-state index in [4.69, 9.17) is 11.6 Å². The first-order chi connectivity index (χ1) is 9.13. The van der Waals surface area contributed by atoms with Gasteiger partial charge in [0.25, 0.3) is 5.91 Å². The standard InChI is InChI=1S/C9H10INO.C6H5Cl/c1-2-11-9(12)7-3-5-8(10)6-4-7;7-6-4-2-1-3-5-6/h3-6H,2H2,1H3,(H,11,12);1-5H. The predicted molar refractivity (Wildman–Crippen MR) is 88.6 cm³/mol. The second kappa shape index (κ2) is 8.93. The van der Waals surface area contributed by atoms with Crippen LogP contribution in [0.2, 0.25) is 5.02 Å². The second-order valence-electron chi connectivity index (χ2n) is 3.66. The van der Waals surface area contributed by atoms with Gasteiger partial charge in [0.05, 0.1) is 0 Å². The van der Waals surface area contributed by atoms with E-state index in [0.717, 1.165) is 14.2 Å². The Morgan fingerprint density at radius 1 is 1.11 bits per heavy atom. The summed E-state index contributed by atoms with van der Waals surface area (Å²) >= 11 is 7.75. The van der Waals surface area contributed by atoms with Gasteiger partial charge in [0, 0.05) is 20.7 Å². The molecule has 4 heteroatoms. The molecule has 0 aromatic heterocycles. The van der Waals surface area contributed by atoms with Gasteiger partial charge < -0.3 is 5.32 Å². The number of halogens is 2. The highest BCUT2D eigenvalue weighted by molar-refractivity contribution is 14.1. The molecule has 0 fully saturated rings. The van der Waals surface area contributed by atoms with Crippen LogP contribution < -0.4 is 5.32 Å². The number of amides is 1. The van der Waals surface area contributed by atoms with E-state index < -0.39 is 0 Å². The summed E-state index contributed by atoms with van der Waals surface area (Å²) in [6.45, 7) is 2.58. The lowest BCUT2D eigenvalue weighted by molar-refractivity contribution is 0.0956. The normalized spacial score (nSPS) is 9.21. The summed E-state index contributed by atoms with van der Waals surface area (Å²) < 4.78 is 1.14. The van der Waals surface area contributed by atoms with Crippen LogP contribution in [0, 0.1) is 3.57 Å². The molecule has 0 aliphatic rings. The molecule has 19 heavy (non-hydrogen) atoms. The fraction of sp³-hybridized carbons (Fsp3) is 0.133. The van der Waals surface area contributed by atoms with Crippen molar-refractivity contribution in [2.45, 2.75) is 6.92 Å². The van der Waals surface area contributed by atoms with Crippen LogP contribution in [0.1, 0.15) is 17.3 Å². The summed E-state index contributed by atoms with van der Waals surface area (Å²) in [6, 6.07) is 16.9. The molecule has 0 saturated heterocycles. The molecule has 0 radical (unpaired) electrons. The fourth-order valence-corrected chi connectivity index (χ4v) is 1.78. The van der Waals surface area contributed by atoms with Gasteiger partial charge in [-0.2, -0.15) is 0 Å². The fourth-order valence-electron chi connectivity index (χ4n) is 1.28. The zero-order chi connectivity index (χ0) is 14.1. The molecule has 0 unspecified atom stereocenters. The highest BCUT2D eigenvalue weighted by atomic mass is 127. The van der Waals surface area contributed by atoms with Crippen molar-refractivity contribution in [2.24, 2.45) is 0 Å². The van der Waals surface area contributed by atoms with Crippen molar-refractivity contribution in [1.29, 1.82) is 0 Å². The third-order valence-electron chi connectivity index (χ3n) is 2.18. The Morgan fingerprint density at radius 2 is 1.68 bits per heavy atom. The number of benzene rings is 2. The summed E-state index contributed by atoms with van der Waals surface area (Å²) in [4.78, 5) is 11.2. The zero-order valence-corrected chi connectivity index (χ0v) is 13.5. The van der Waals surface area contributed by atoms with Gasteiger partial charge in [-0.05, 0) is 65.9 Å². The van der Waals surface area contributed by atoms with E-state index in [0.29, 0.717) is 6.54 Å². The van der Waals surface area contributed by atoms with Crippen LogP contribution in [0.5, 0.6) is 0 Å². The lowest BCUT2D eigenvalue weighted by atomic mass is 10.2. The van der Waals surface area contributed by atoms with E-state index in [2.05, 4.69) is 27.9 Å². The quantitative estimate of drug-likeness (QED) is 0.761. The SMILES string of the molecule is CCNC(=O)c1ccc(I)cc1.Clc1ccccc1. The molecular weight excluding hydrogens is 373 g/mol. The van der Waals surface area contributed by atoms with Crippen LogP contribution in [0.25, 0.3) is 0 Å². The van der Waals surface area contributed by atoms with Crippen LogP contribution >= 0.6 is 34.2 Å². The molecule has 0 spiro atoms. The molecule has 2 nitrogen and oxygen atoms in total. The smallest absolute Gasteiger partial charge is 0.251 e. The van der Waals surface area contributed by atoms with E-state index in [1.807, 2.05) is 61.5 Å². The van der Waals surface area contributed by atoms with E-state index in [-0.39, 0.29) is 5.91 Å². The van der Waals surface area contributed by atoms with Gasteiger partial charge in [-0.1, -0.05) is 29.8 Å². The van der Waals surface area contributed by atoms with Crippen LogP contribution in [0.15, 0.2) is 54.6 Å². The van der Waals surface area contributed by atoms with Gasteiger partial charge in [0.2, 0.25) is 0 Å². The summed E-state index contributed by atoms with van der Waals surface area (Å²) in [5.74, 6) is -0.00565. The lowest BCUT2D eigenvalue weighted by Crippen LogP contribution is -2.22. The van der Waals surface area contributed by atoms with Crippen LogP contribution in [0.4, 0.5) is 0 Å². The first kappa shape index (κ1) is 16.0. The Morgan fingerprint density at radius 3 is 2.11 bits per heavy atom. The van der Waals surface area contributed by atoms with Crippen molar-refractivity contribution >= 4 is 40.1 Å². The third kappa shape index (κ3) is 6.59. The van der Waals surface area contributed by atoms with Gasteiger partial charge in [0.15, 0.2) is 0 Å². The molecule has 0 aliphatic carbocycles. The maximum absolute atomic E-state index is 11.2. The molecule has 0 saturated carbocycles. The van der Waals surface area contributed by atoms with Gasteiger partial charge >= 0.3 is 0 Å². The average molecular weight is 388 g/mol. The summed E-state index contributed by atoms with van der Waals surface area (Å²) in [6.07, 6.45) is 0. The lowest BCUT2D eigenvalue weighted by Gasteiger charge is -2.00. The first-order valence-corrected chi connectivity index (χ1v) is 7.33. The van der Waals surface area contributed by atoms with Crippen molar-refractivity contribution in [3.05, 3.63) is 68.8 Å². The van der Waals surface area contributed by atoms with Crippen LogP contribution in [0.3, 0.4) is 0 Å². The minimum Gasteiger partial charge on any atom is -0.352 e. The van der Waals surface area contributed by atoms with Crippen molar-refractivity contribution < 1.29 is 4.79 Å². The predicted octanol–water partition coefficient (Wildman–Crippen LogP) is 4.38. The number of carbonyl (C=O) groups is 1. The van der Waals surface area contributed by atoms with Gasteiger partial charge in [-0.25, -0.2) is 0 Å². The van der Waals surface area contributed by atoms with Gasteiger partial charge in [-0.15, -0.1) is 0 Å². The molecule has 1 N–H and O–H groups in total. The third-order valence-corrected chi connectivity index (χ3v) is 3.15. The van der Waals surface area contributed by atoms with Crippen molar-refractivity contribution in [3.8, 4) is 0 Å². The molecule has 0 atom stereocenters. The molecule has 0 aliphatic heterocycles. The molecule has 2 rings (SSSR count). The van der Waals surface area contributed by atoms with E-state index in [9.17, 15) is 4.79 Å². The first-order valence-electron chi connectivity index (χ1n) is 5.87. The average Bonchev–Trinajstić information content (AvgIpc) is 2.41. The summed E-state index contributed by atoms with van der Waals surface area (Å²) in [5, 5.41) is 3.53. The maximum Gasteiger partial charge on any atom is 0.251 e. The van der Waals surface area contributed by atoms with Crippen molar-refractivity contribution in [3.63, 3.8) is 0 Å². The molecular formula is C15H15ClINO. The Labute approximate surface area is 132 Å².